The maximum atomic E-state index is 13.8. The molecule has 2 nitrogen and oxygen atoms in total. The molecule has 19 heavy (non-hydrogen) atoms. The molecule has 1 N–H and O–H groups in total. The third-order valence-corrected chi connectivity index (χ3v) is 3.74. The van der Waals surface area contributed by atoms with Gasteiger partial charge in [0.15, 0.2) is 0 Å². The minimum Gasteiger partial charge on any atom is -0.347 e. The predicted octanol–water partition coefficient (Wildman–Crippen LogP) is 4.39. The van der Waals surface area contributed by atoms with Crippen LogP contribution in [0, 0.1) is 17.4 Å². The van der Waals surface area contributed by atoms with E-state index in [2.05, 4.69) is 9.97 Å². The molecule has 0 bridgehead atoms. The van der Waals surface area contributed by atoms with E-state index in [0.717, 1.165) is 17.7 Å². The molecule has 0 amide bonds. The van der Waals surface area contributed by atoms with Gasteiger partial charge in [-0.05, 0) is 25.0 Å². The van der Waals surface area contributed by atoms with Crippen LogP contribution in [-0.4, -0.2) is 9.97 Å². The minimum atomic E-state index is -0.399. The van der Waals surface area contributed by atoms with Crippen molar-refractivity contribution in [2.75, 3.05) is 0 Å². The third-order valence-electron chi connectivity index (χ3n) is 3.05. The largest absolute Gasteiger partial charge is 0.347 e. The summed E-state index contributed by atoms with van der Waals surface area (Å²) in [5.74, 6) is 0.262. The maximum Gasteiger partial charge on any atom is 0.145 e. The van der Waals surface area contributed by atoms with Gasteiger partial charge >= 0.3 is 0 Å². The molecule has 5 heteroatoms. The Labute approximate surface area is 121 Å². The van der Waals surface area contributed by atoms with E-state index < -0.39 is 5.82 Å². The Morgan fingerprint density at radius 2 is 2.16 bits per heavy atom. The molecule has 1 heterocycles. The normalized spacial score (nSPS) is 10.7. The van der Waals surface area contributed by atoms with Crippen molar-refractivity contribution >= 4 is 23.8 Å². The lowest BCUT2D eigenvalue weighted by Gasteiger charge is -2.09. The number of aryl methyl sites for hydroxylation is 1. The quantitative estimate of drug-likeness (QED) is 0.851. The van der Waals surface area contributed by atoms with Crippen LogP contribution in [-0.2, 0) is 12.8 Å². The van der Waals surface area contributed by atoms with E-state index in [9.17, 15) is 4.39 Å². The summed E-state index contributed by atoms with van der Waals surface area (Å²) in [6.45, 7) is 3.98. The lowest BCUT2D eigenvalue weighted by molar-refractivity contribution is 0.612. The fourth-order valence-corrected chi connectivity index (χ4v) is 2.36. The van der Waals surface area contributed by atoms with Crippen LogP contribution in [0.5, 0.6) is 0 Å². The summed E-state index contributed by atoms with van der Waals surface area (Å²) in [6.07, 6.45) is 1.19. The highest BCUT2D eigenvalue weighted by molar-refractivity contribution is 7.71. The second-order valence-electron chi connectivity index (χ2n) is 4.34. The first-order valence-electron chi connectivity index (χ1n) is 6.04. The van der Waals surface area contributed by atoms with Crippen molar-refractivity contribution in [3.63, 3.8) is 0 Å². The number of benzene rings is 1. The SMILES string of the molecule is CCc1[nH]c(Cc2cccc(Cl)c2F)nc(=S)c1C. The highest BCUT2D eigenvalue weighted by atomic mass is 35.5. The summed E-state index contributed by atoms with van der Waals surface area (Å²) in [7, 11) is 0. The van der Waals surface area contributed by atoms with E-state index in [1.807, 2.05) is 13.8 Å². The lowest BCUT2D eigenvalue weighted by atomic mass is 10.1. The maximum absolute atomic E-state index is 13.8. The van der Waals surface area contributed by atoms with Crippen LogP contribution in [0.25, 0.3) is 0 Å². The molecule has 0 unspecified atom stereocenters. The molecule has 1 aromatic carbocycles. The van der Waals surface area contributed by atoms with Crippen molar-refractivity contribution in [3.8, 4) is 0 Å². The molecule has 0 aliphatic carbocycles. The fraction of sp³-hybridized carbons (Fsp3) is 0.286. The van der Waals surface area contributed by atoms with Gasteiger partial charge in [-0.2, -0.15) is 0 Å². The zero-order valence-corrected chi connectivity index (χ0v) is 12.3. The van der Waals surface area contributed by atoms with Gasteiger partial charge < -0.3 is 4.98 Å². The zero-order chi connectivity index (χ0) is 14.0. The van der Waals surface area contributed by atoms with Gasteiger partial charge in [0.05, 0.1) is 5.02 Å². The molecule has 0 saturated heterocycles. The second kappa shape index (κ2) is 5.80. The number of aromatic amines is 1. The van der Waals surface area contributed by atoms with Crippen molar-refractivity contribution in [1.82, 2.24) is 9.97 Å². The van der Waals surface area contributed by atoms with Crippen LogP contribution in [0.3, 0.4) is 0 Å². The fourth-order valence-electron chi connectivity index (χ4n) is 1.93. The molecular weight excluding hydrogens is 283 g/mol. The summed E-state index contributed by atoms with van der Waals surface area (Å²) in [5.41, 5.74) is 2.53. The van der Waals surface area contributed by atoms with Crippen LogP contribution in [0.15, 0.2) is 18.2 Å². The Kier molecular flexibility index (Phi) is 4.32. The van der Waals surface area contributed by atoms with E-state index in [0.29, 0.717) is 22.4 Å². The number of halogens is 2. The smallest absolute Gasteiger partial charge is 0.145 e. The Hall–Kier alpha value is -1.26. The summed E-state index contributed by atoms with van der Waals surface area (Å²) in [5, 5.41) is 0.124. The topological polar surface area (TPSA) is 28.7 Å². The van der Waals surface area contributed by atoms with Gasteiger partial charge in [0.1, 0.15) is 16.3 Å². The molecule has 0 radical (unpaired) electrons. The number of nitrogens with zero attached hydrogens (tertiary/aromatic N) is 1. The minimum absolute atomic E-state index is 0.124. The van der Waals surface area contributed by atoms with Gasteiger partial charge in [0.25, 0.3) is 0 Å². The standard InChI is InChI=1S/C14H14ClFN2S/c1-3-11-8(2)14(19)18-12(17-11)7-9-5-4-6-10(15)13(9)16/h4-6H,3,7H2,1-2H3,(H,17,18,19). The first kappa shape index (κ1) is 14.2. The number of rotatable bonds is 3. The summed E-state index contributed by atoms with van der Waals surface area (Å²) in [6, 6.07) is 4.96. The van der Waals surface area contributed by atoms with Crippen molar-refractivity contribution in [2.24, 2.45) is 0 Å². The first-order chi connectivity index (χ1) is 9.02. The predicted molar refractivity (Wildman–Crippen MR) is 77.8 cm³/mol. The van der Waals surface area contributed by atoms with E-state index in [1.54, 1.807) is 12.1 Å². The second-order valence-corrected chi connectivity index (χ2v) is 5.13. The van der Waals surface area contributed by atoms with Crippen molar-refractivity contribution in [1.29, 1.82) is 0 Å². The van der Waals surface area contributed by atoms with E-state index in [4.69, 9.17) is 23.8 Å². The van der Waals surface area contributed by atoms with Crippen molar-refractivity contribution in [2.45, 2.75) is 26.7 Å². The number of H-pyrrole nitrogens is 1. The highest BCUT2D eigenvalue weighted by Crippen LogP contribution is 2.20. The molecule has 0 spiro atoms. The van der Waals surface area contributed by atoms with Crippen LogP contribution in [0.1, 0.15) is 29.6 Å². The first-order valence-corrected chi connectivity index (χ1v) is 6.83. The Balaban J connectivity index is 2.41. The van der Waals surface area contributed by atoms with Crippen molar-refractivity contribution < 1.29 is 4.39 Å². The Bertz CT molecular complexity index is 667. The number of hydrogen-bond acceptors (Lipinski definition) is 2. The number of aromatic nitrogens is 2. The molecule has 0 saturated carbocycles. The molecule has 0 fully saturated rings. The number of nitrogens with one attached hydrogen (secondary N) is 1. The molecular formula is C14H14ClFN2S. The molecule has 2 aromatic rings. The Morgan fingerprint density at radius 3 is 2.84 bits per heavy atom. The molecule has 100 valence electrons. The average Bonchev–Trinajstić information content (AvgIpc) is 2.39. The third kappa shape index (κ3) is 3.01. The Morgan fingerprint density at radius 1 is 1.42 bits per heavy atom. The summed E-state index contributed by atoms with van der Waals surface area (Å²) >= 11 is 11.0. The zero-order valence-electron chi connectivity index (χ0n) is 10.8. The molecule has 1 aromatic heterocycles. The van der Waals surface area contributed by atoms with Gasteiger partial charge in [-0.15, -0.1) is 0 Å². The summed E-state index contributed by atoms with van der Waals surface area (Å²) < 4.78 is 14.4. The van der Waals surface area contributed by atoms with Gasteiger partial charge in [0, 0.05) is 17.7 Å². The van der Waals surface area contributed by atoms with Crippen LogP contribution in [0.2, 0.25) is 5.02 Å². The number of hydrogen-bond donors (Lipinski definition) is 1. The van der Waals surface area contributed by atoms with Gasteiger partial charge in [-0.1, -0.05) is 42.9 Å². The van der Waals surface area contributed by atoms with E-state index in [1.165, 1.54) is 6.07 Å². The monoisotopic (exact) mass is 296 g/mol. The van der Waals surface area contributed by atoms with Gasteiger partial charge in [0.2, 0.25) is 0 Å². The lowest BCUT2D eigenvalue weighted by Crippen LogP contribution is -2.04. The van der Waals surface area contributed by atoms with Crippen LogP contribution in [0.4, 0.5) is 4.39 Å². The van der Waals surface area contributed by atoms with Gasteiger partial charge in [-0.25, -0.2) is 9.37 Å². The highest BCUT2D eigenvalue weighted by Gasteiger charge is 2.09. The molecule has 2 rings (SSSR count). The summed E-state index contributed by atoms with van der Waals surface area (Å²) in [4.78, 5) is 7.51. The molecule has 0 atom stereocenters. The van der Waals surface area contributed by atoms with Crippen LogP contribution < -0.4 is 0 Å². The van der Waals surface area contributed by atoms with Crippen molar-refractivity contribution in [3.05, 3.63) is 56.3 Å². The molecule has 0 aliphatic rings. The van der Waals surface area contributed by atoms with E-state index >= 15 is 0 Å². The van der Waals surface area contributed by atoms with Gasteiger partial charge in [-0.3, -0.25) is 0 Å². The van der Waals surface area contributed by atoms with Crippen LogP contribution >= 0.6 is 23.8 Å². The van der Waals surface area contributed by atoms with E-state index in [-0.39, 0.29) is 5.02 Å². The molecule has 0 aliphatic heterocycles. The average molecular weight is 297 g/mol.